The van der Waals surface area contributed by atoms with Gasteiger partial charge in [0, 0.05) is 27.3 Å². The van der Waals surface area contributed by atoms with Crippen LogP contribution in [0.4, 0.5) is 0 Å². The average molecular weight is 194 g/mol. The molecule has 3 heteroatoms. The molecule has 2 nitrogen and oxygen atoms in total. The summed E-state index contributed by atoms with van der Waals surface area (Å²) in [6.07, 6.45) is 0. The third kappa shape index (κ3) is 10.7. The third-order valence-electron chi connectivity index (χ3n) is 0.305. The molecule has 0 aliphatic rings. The van der Waals surface area contributed by atoms with Gasteiger partial charge in [0.1, 0.15) is 0 Å². The van der Waals surface area contributed by atoms with Gasteiger partial charge in [0.2, 0.25) is 0 Å². The number of esters is 1. The molecule has 0 atom stereocenters. The Kier molecular flexibility index (Phi) is 8.92. The summed E-state index contributed by atoms with van der Waals surface area (Å²) >= 11 is 0. The first-order valence-corrected chi connectivity index (χ1v) is 1.70. The van der Waals surface area contributed by atoms with Gasteiger partial charge >= 0.3 is 0 Å². The maximum atomic E-state index is 9.78. The molecule has 0 radical (unpaired) electrons. The normalized spacial score (nSPS) is 6.57. The Morgan fingerprint density at radius 2 is 2.29 bits per heavy atom. The molecular formula is C4H7O2Pd-. The van der Waals surface area contributed by atoms with Crippen molar-refractivity contribution in [3.8, 4) is 0 Å². The van der Waals surface area contributed by atoms with Crippen LogP contribution in [0.15, 0.2) is 0 Å². The molecule has 0 aromatic heterocycles. The van der Waals surface area contributed by atoms with Crippen LogP contribution in [-0.2, 0) is 30.0 Å². The molecule has 0 amide bonds. The number of hydrogen-bond acceptors (Lipinski definition) is 2. The molecule has 0 rings (SSSR count). The zero-order valence-electron chi connectivity index (χ0n) is 4.05. The van der Waals surface area contributed by atoms with Crippen molar-refractivity contribution >= 4 is 5.97 Å². The topological polar surface area (TPSA) is 26.3 Å². The van der Waals surface area contributed by atoms with E-state index in [-0.39, 0.29) is 33.0 Å². The number of rotatable bonds is 1. The van der Waals surface area contributed by atoms with E-state index in [1.54, 1.807) is 0 Å². The minimum Gasteiger partial charge on any atom is -0.499 e. The summed E-state index contributed by atoms with van der Waals surface area (Å²) in [4.78, 5) is 9.78. The van der Waals surface area contributed by atoms with Gasteiger partial charge < -0.3 is 11.7 Å². The Morgan fingerprint density at radius 1 is 1.86 bits per heavy atom. The van der Waals surface area contributed by atoms with E-state index in [1.807, 2.05) is 0 Å². The number of ether oxygens (including phenoxy) is 1. The van der Waals surface area contributed by atoms with Crippen LogP contribution < -0.4 is 0 Å². The van der Waals surface area contributed by atoms with Gasteiger partial charge in [0.15, 0.2) is 0 Å². The first-order valence-electron chi connectivity index (χ1n) is 1.70. The van der Waals surface area contributed by atoms with E-state index >= 15 is 0 Å². The summed E-state index contributed by atoms with van der Waals surface area (Å²) in [7, 11) is 0. The molecule has 0 aromatic carbocycles. The molecule has 0 spiro atoms. The summed E-state index contributed by atoms with van der Waals surface area (Å²) in [6, 6.07) is 0. The Balaban J connectivity index is 0. The average Bonchev–Trinajstić information content (AvgIpc) is 1.35. The van der Waals surface area contributed by atoms with Gasteiger partial charge in [-0.3, -0.25) is 4.79 Å². The van der Waals surface area contributed by atoms with Crippen molar-refractivity contribution in [2.45, 2.75) is 6.92 Å². The fourth-order valence-corrected chi connectivity index (χ4v) is 0.144. The quantitative estimate of drug-likeness (QED) is 0.342. The van der Waals surface area contributed by atoms with Gasteiger partial charge in [-0.2, -0.15) is 0 Å². The van der Waals surface area contributed by atoms with E-state index in [1.165, 1.54) is 6.92 Å². The van der Waals surface area contributed by atoms with Gasteiger partial charge in [-0.25, -0.2) is 0 Å². The summed E-state index contributed by atoms with van der Waals surface area (Å²) in [5.41, 5.74) is 0. The van der Waals surface area contributed by atoms with E-state index in [4.69, 9.17) is 0 Å². The van der Waals surface area contributed by atoms with E-state index in [2.05, 4.69) is 11.7 Å². The van der Waals surface area contributed by atoms with Crippen LogP contribution in [0.1, 0.15) is 6.92 Å². The van der Waals surface area contributed by atoms with Crippen LogP contribution in [-0.4, -0.2) is 12.6 Å². The van der Waals surface area contributed by atoms with Crippen molar-refractivity contribution in [1.82, 2.24) is 0 Å². The molecule has 0 aliphatic carbocycles. The largest absolute Gasteiger partial charge is 0.499 e. The van der Waals surface area contributed by atoms with Crippen LogP contribution in [0.2, 0.25) is 0 Å². The third-order valence-corrected chi connectivity index (χ3v) is 0.305. The summed E-state index contributed by atoms with van der Waals surface area (Å²) in [5, 5.41) is 0. The maximum absolute atomic E-state index is 9.78. The molecule has 0 heterocycles. The van der Waals surface area contributed by atoms with Gasteiger partial charge in [0.05, 0.1) is 0 Å². The zero-order valence-corrected chi connectivity index (χ0v) is 5.60. The molecule has 0 fully saturated rings. The van der Waals surface area contributed by atoms with Gasteiger partial charge in [0.25, 0.3) is 5.97 Å². The zero-order chi connectivity index (χ0) is 4.99. The Labute approximate surface area is 56.9 Å². The van der Waals surface area contributed by atoms with Gasteiger partial charge in [-0.15, -0.1) is 0 Å². The second-order valence-corrected chi connectivity index (χ2v) is 0.840. The standard InChI is InChI=1S/C4H7O2.Pd/c1-3-6-4(2)5;/h1,3H2,2H3;/q-1;. The molecule has 0 N–H and O–H groups in total. The van der Waals surface area contributed by atoms with Crippen molar-refractivity contribution < 1.29 is 30.0 Å². The number of carbonyl (C=O) groups is 1. The smallest absolute Gasteiger partial charge is 0.299 e. The minimum absolute atomic E-state index is 0. The van der Waals surface area contributed by atoms with Crippen LogP contribution in [0.3, 0.4) is 0 Å². The summed E-state index contributed by atoms with van der Waals surface area (Å²) in [6.45, 7) is 4.87. The summed E-state index contributed by atoms with van der Waals surface area (Å²) < 4.78 is 4.29. The molecule has 0 unspecified atom stereocenters. The second kappa shape index (κ2) is 6.13. The molecule has 0 saturated heterocycles. The van der Waals surface area contributed by atoms with Crippen LogP contribution >= 0.6 is 0 Å². The minimum atomic E-state index is -0.273. The molecule has 7 heavy (non-hydrogen) atoms. The monoisotopic (exact) mass is 193 g/mol. The fourth-order valence-electron chi connectivity index (χ4n) is 0.144. The van der Waals surface area contributed by atoms with Crippen molar-refractivity contribution in [3.63, 3.8) is 0 Å². The Bertz CT molecular complexity index is 53.7. The summed E-state index contributed by atoms with van der Waals surface area (Å²) in [5.74, 6) is -0.273. The maximum Gasteiger partial charge on any atom is 0.299 e. The first kappa shape index (κ1) is 10.2. The predicted octanol–water partition coefficient (Wildman–Crippen LogP) is 0.381. The number of hydrogen-bond donors (Lipinski definition) is 0. The van der Waals surface area contributed by atoms with E-state index in [0.717, 1.165) is 0 Å². The van der Waals surface area contributed by atoms with E-state index in [0.29, 0.717) is 0 Å². The molecule has 0 aliphatic heterocycles. The fraction of sp³-hybridized carbons (Fsp3) is 0.500. The van der Waals surface area contributed by atoms with E-state index in [9.17, 15) is 4.79 Å². The first-order chi connectivity index (χ1) is 2.77. The van der Waals surface area contributed by atoms with Crippen molar-refractivity contribution in [3.05, 3.63) is 6.92 Å². The van der Waals surface area contributed by atoms with Crippen LogP contribution in [0.5, 0.6) is 0 Å². The molecule has 0 bridgehead atoms. The van der Waals surface area contributed by atoms with Crippen LogP contribution in [0.25, 0.3) is 0 Å². The Morgan fingerprint density at radius 3 is 2.29 bits per heavy atom. The SMILES string of the molecule is [CH2-]COC(C)=O.[Pd]. The predicted molar refractivity (Wildman–Crippen MR) is 22.0 cm³/mol. The van der Waals surface area contributed by atoms with Crippen LogP contribution in [0, 0.1) is 6.92 Å². The molecular weight excluding hydrogens is 186 g/mol. The molecule has 0 saturated carbocycles. The number of carbonyl (C=O) groups excluding carboxylic acids is 1. The second-order valence-electron chi connectivity index (χ2n) is 0.840. The van der Waals surface area contributed by atoms with Crippen molar-refractivity contribution in [2.75, 3.05) is 6.61 Å². The molecule has 46 valence electrons. The van der Waals surface area contributed by atoms with Gasteiger partial charge in [-0.05, 0) is 6.61 Å². The van der Waals surface area contributed by atoms with Crippen molar-refractivity contribution in [1.29, 1.82) is 0 Å². The Hall–Kier alpha value is 0.132. The van der Waals surface area contributed by atoms with Gasteiger partial charge in [-0.1, -0.05) is 0 Å². The molecule has 0 aromatic rings. The van der Waals surface area contributed by atoms with Crippen molar-refractivity contribution in [2.24, 2.45) is 0 Å². The van der Waals surface area contributed by atoms with E-state index < -0.39 is 0 Å².